The minimum Gasteiger partial charge on any atom is -0.493 e. The summed E-state index contributed by atoms with van der Waals surface area (Å²) in [4.78, 5) is 0. The third-order valence-corrected chi connectivity index (χ3v) is 3.24. The van der Waals surface area contributed by atoms with Crippen molar-refractivity contribution in [3.63, 3.8) is 0 Å². The molecule has 6 nitrogen and oxygen atoms in total. The third-order valence-electron chi connectivity index (χ3n) is 3.24. The number of hydrogen-bond donors (Lipinski definition) is 3. The van der Waals surface area contributed by atoms with Gasteiger partial charge in [-0.15, -0.1) is 0 Å². The van der Waals surface area contributed by atoms with Gasteiger partial charge in [-0.25, -0.2) is 5.84 Å². The van der Waals surface area contributed by atoms with E-state index in [1.807, 2.05) is 36.4 Å². The van der Waals surface area contributed by atoms with E-state index in [-0.39, 0.29) is 11.4 Å². The molecule has 0 saturated carbocycles. The normalized spacial score (nSPS) is 11.2. The van der Waals surface area contributed by atoms with Gasteiger partial charge in [0.25, 0.3) is 0 Å². The van der Waals surface area contributed by atoms with Gasteiger partial charge in [0.1, 0.15) is 12.7 Å². The van der Waals surface area contributed by atoms with Crippen LogP contribution < -0.4 is 26.5 Å². The van der Waals surface area contributed by atoms with Gasteiger partial charge in [0.15, 0.2) is 17.2 Å². The van der Waals surface area contributed by atoms with Crippen molar-refractivity contribution in [3.05, 3.63) is 65.4 Å². The molecule has 0 heterocycles. The van der Waals surface area contributed by atoms with Crippen LogP contribution in [0.5, 0.6) is 11.5 Å². The monoisotopic (exact) mass is 310 g/mol. The van der Waals surface area contributed by atoms with Crippen LogP contribution in [0.3, 0.4) is 0 Å². The SMILES string of the molecule is COc1cc(/C(N)=C(\C#N)NN)ccc1OCc1ccccc1. The first-order valence-electron chi connectivity index (χ1n) is 6.91. The molecule has 6 heteroatoms. The number of hydrogen-bond acceptors (Lipinski definition) is 6. The van der Waals surface area contributed by atoms with E-state index in [1.54, 1.807) is 25.3 Å². The number of allylic oxidation sites excluding steroid dienone is 1. The van der Waals surface area contributed by atoms with Crippen LogP contribution in [0.4, 0.5) is 0 Å². The zero-order valence-electron chi connectivity index (χ0n) is 12.7. The van der Waals surface area contributed by atoms with Gasteiger partial charge in [-0.3, -0.25) is 0 Å². The number of ether oxygens (including phenoxy) is 2. The zero-order chi connectivity index (χ0) is 16.7. The average molecular weight is 310 g/mol. The fourth-order valence-electron chi connectivity index (χ4n) is 2.00. The first-order chi connectivity index (χ1) is 11.2. The van der Waals surface area contributed by atoms with Gasteiger partial charge in [0.05, 0.1) is 12.8 Å². The van der Waals surface area contributed by atoms with Crippen LogP contribution in [0.1, 0.15) is 11.1 Å². The molecule has 0 saturated heterocycles. The Labute approximate surface area is 134 Å². The molecule has 2 aromatic rings. The van der Waals surface area contributed by atoms with Gasteiger partial charge in [-0.2, -0.15) is 5.26 Å². The van der Waals surface area contributed by atoms with Crippen LogP contribution in [0, 0.1) is 11.3 Å². The second-order valence-electron chi connectivity index (χ2n) is 4.68. The molecule has 0 bridgehead atoms. The molecule has 0 spiro atoms. The van der Waals surface area contributed by atoms with Gasteiger partial charge >= 0.3 is 0 Å². The van der Waals surface area contributed by atoms with E-state index >= 15 is 0 Å². The van der Waals surface area contributed by atoms with Crippen molar-refractivity contribution in [2.75, 3.05) is 7.11 Å². The number of rotatable bonds is 6. The molecule has 0 aromatic heterocycles. The standard InChI is InChI=1S/C17H18N4O2/c1-22-16-9-13(17(19)14(10-18)21-20)7-8-15(16)23-11-12-5-3-2-4-6-12/h2-9,21H,11,19-20H2,1H3/b17-14-. The minimum atomic E-state index is 0.0880. The van der Waals surface area contributed by atoms with Crippen molar-refractivity contribution in [1.82, 2.24) is 5.43 Å². The van der Waals surface area contributed by atoms with E-state index in [4.69, 9.17) is 26.3 Å². The Hall–Kier alpha value is -3.17. The van der Waals surface area contributed by atoms with Crippen molar-refractivity contribution >= 4 is 5.70 Å². The Morgan fingerprint density at radius 1 is 1.17 bits per heavy atom. The van der Waals surface area contributed by atoms with E-state index in [0.717, 1.165) is 5.56 Å². The second-order valence-corrected chi connectivity index (χ2v) is 4.68. The zero-order valence-corrected chi connectivity index (χ0v) is 12.7. The number of nitrogens with one attached hydrogen (secondary N) is 1. The van der Waals surface area contributed by atoms with Gasteiger partial charge in [0.2, 0.25) is 0 Å². The molecule has 0 amide bonds. The Morgan fingerprint density at radius 2 is 1.91 bits per heavy atom. The largest absolute Gasteiger partial charge is 0.493 e. The molecule has 0 fully saturated rings. The smallest absolute Gasteiger partial charge is 0.161 e. The molecule has 0 unspecified atom stereocenters. The Balaban J connectivity index is 2.23. The summed E-state index contributed by atoms with van der Waals surface area (Å²) < 4.78 is 11.1. The molecular weight excluding hydrogens is 292 g/mol. The highest BCUT2D eigenvalue weighted by atomic mass is 16.5. The van der Waals surface area contributed by atoms with E-state index in [9.17, 15) is 0 Å². The van der Waals surface area contributed by atoms with E-state index in [0.29, 0.717) is 23.7 Å². The molecule has 118 valence electrons. The molecule has 5 N–H and O–H groups in total. The number of nitrogens with two attached hydrogens (primary N) is 2. The lowest BCUT2D eigenvalue weighted by Gasteiger charge is -2.13. The Bertz CT molecular complexity index is 736. The van der Waals surface area contributed by atoms with Gasteiger partial charge in [0, 0.05) is 5.56 Å². The predicted molar refractivity (Wildman–Crippen MR) is 87.8 cm³/mol. The number of nitriles is 1. The highest BCUT2D eigenvalue weighted by Gasteiger charge is 2.10. The molecule has 2 rings (SSSR count). The number of methoxy groups -OCH3 is 1. The van der Waals surface area contributed by atoms with Crippen LogP contribution in [0.15, 0.2) is 54.2 Å². The van der Waals surface area contributed by atoms with Crippen molar-refractivity contribution in [1.29, 1.82) is 5.26 Å². The fraction of sp³-hybridized carbons (Fsp3) is 0.118. The van der Waals surface area contributed by atoms with Crippen LogP contribution in [0.2, 0.25) is 0 Å². The van der Waals surface area contributed by atoms with Crippen molar-refractivity contribution in [2.45, 2.75) is 6.61 Å². The lowest BCUT2D eigenvalue weighted by Crippen LogP contribution is -2.23. The summed E-state index contributed by atoms with van der Waals surface area (Å²) in [6.45, 7) is 0.426. The van der Waals surface area contributed by atoms with Gasteiger partial charge in [-0.05, 0) is 23.8 Å². The summed E-state index contributed by atoms with van der Waals surface area (Å²) in [6.07, 6.45) is 0. The molecule has 0 aliphatic rings. The quantitative estimate of drug-likeness (QED) is 0.427. The maximum atomic E-state index is 8.96. The molecule has 0 atom stereocenters. The summed E-state index contributed by atoms with van der Waals surface area (Å²) >= 11 is 0. The summed E-state index contributed by atoms with van der Waals surface area (Å²) in [5.41, 5.74) is 10.2. The second kappa shape index (κ2) is 7.73. The summed E-state index contributed by atoms with van der Waals surface area (Å²) in [6, 6.07) is 16.9. The van der Waals surface area contributed by atoms with Crippen LogP contribution in [-0.2, 0) is 6.61 Å². The van der Waals surface area contributed by atoms with Crippen LogP contribution in [-0.4, -0.2) is 7.11 Å². The lowest BCUT2D eigenvalue weighted by molar-refractivity contribution is 0.284. The molecule has 0 aliphatic heterocycles. The number of hydrazine groups is 1. The molecule has 0 radical (unpaired) electrons. The highest BCUT2D eigenvalue weighted by Crippen LogP contribution is 2.30. The molecular formula is C17H18N4O2. The lowest BCUT2D eigenvalue weighted by atomic mass is 10.1. The first kappa shape index (κ1) is 16.2. The van der Waals surface area contributed by atoms with Crippen molar-refractivity contribution in [3.8, 4) is 17.6 Å². The first-order valence-corrected chi connectivity index (χ1v) is 6.91. The van der Waals surface area contributed by atoms with Gasteiger partial charge < -0.3 is 20.6 Å². The molecule has 23 heavy (non-hydrogen) atoms. The fourth-order valence-corrected chi connectivity index (χ4v) is 2.00. The Kier molecular flexibility index (Phi) is 5.45. The average Bonchev–Trinajstić information content (AvgIpc) is 2.61. The van der Waals surface area contributed by atoms with Gasteiger partial charge in [-0.1, -0.05) is 30.3 Å². The molecule has 2 aromatic carbocycles. The van der Waals surface area contributed by atoms with E-state index in [1.165, 1.54) is 0 Å². The van der Waals surface area contributed by atoms with E-state index in [2.05, 4.69) is 5.43 Å². The number of benzene rings is 2. The van der Waals surface area contributed by atoms with Crippen LogP contribution >= 0.6 is 0 Å². The summed E-state index contributed by atoms with van der Waals surface area (Å²) in [5.74, 6) is 6.38. The highest BCUT2D eigenvalue weighted by molar-refractivity contribution is 5.70. The maximum absolute atomic E-state index is 8.96. The predicted octanol–water partition coefficient (Wildman–Crippen LogP) is 1.89. The number of nitrogens with zero attached hydrogens (tertiary/aromatic N) is 1. The topological polar surface area (TPSA) is 106 Å². The van der Waals surface area contributed by atoms with Crippen LogP contribution in [0.25, 0.3) is 5.70 Å². The Morgan fingerprint density at radius 3 is 2.52 bits per heavy atom. The van der Waals surface area contributed by atoms with E-state index < -0.39 is 0 Å². The summed E-state index contributed by atoms with van der Waals surface area (Å²) in [7, 11) is 1.54. The maximum Gasteiger partial charge on any atom is 0.161 e. The van der Waals surface area contributed by atoms with Crippen molar-refractivity contribution < 1.29 is 9.47 Å². The summed E-state index contributed by atoms with van der Waals surface area (Å²) in [5, 5.41) is 8.96. The third kappa shape index (κ3) is 3.93. The minimum absolute atomic E-state index is 0.0880. The molecule has 0 aliphatic carbocycles. The van der Waals surface area contributed by atoms with Crippen molar-refractivity contribution in [2.24, 2.45) is 11.6 Å².